The average Bonchev–Trinajstić information content (AvgIpc) is 2.59. The van der Waals surface area contributed by atoms with E-state index in [9.17, 15) is 0 Å². The molecule has 1 nitrogen and oxygen atoms in total. The molecule has 0 aliphatic heterocycles. The van der Waals surface area contributed by atoms with Crippen molar-refractivity contribution in [2.45, 2.75) is 12.7 Å². The quantitative estimate of drug-likeness (QED) is 0.818. The van der Waals surface area contributed by atoms with Gasteiger partial charge < -0.3 is 4.42 Å². The third kappa shape index (κ3) is 1.98. The normalized spacial score (nSPS) is 11.0. The summed E-state index contributed by atoms with van der Waals surface area (Å²) in [4.78, 5) is 0. The molecule has 0 aliphatic rings. The minimum absolute atomic E-state index is 0.956. The van der Waals surface area contributed by atoms with Gasteiger partial charge in [-0.1, -0.05) is 28.9 Å². The molecule has 0 aliphatic carbocycles. The maximum Gasteiger partial charge on any atom is 0.135 e. The molecule has 1 aromatic carbocycles. The minimum atomic E-state index is 0.956. The maximum atomic E-state index is 5.70. The Morgan fingerprint density at radius 2 is 2.29 bits per heavy atom. The van der Waals surface area contributed by atoms with Gasteiger partial charge in [0.25, 0.3) is 0 Å². The number of furan rings is 1. The summed E-state index contributed by atoms with van der Waals surface area (Å²) >= 11 is 5.38. The molecule has 0 fully saturated rings. The monoisotopic (exact) mass is 270 g/mol. The van der Waals surface area contributed by atoms with E-state index in [4.69, 9.17) is 4.42 Å². The minimum Gasteiger partial charge on any atom is -0.460 e. The summed E-state index contributed by atoms with van der Waals surface area (Å²) in [5.41, 5.74) is 0.964. The van der Waals surface area contributed by atoms with Crippen molar-refractivity contribution in [3.8, 4) is 0 Å². The molecular formula is C11H11BrOS. The lowest BCUT2D eigenvalue weighted by Crippen LogP contribution is -1.73. The molecule has 2 aromatic rings. The topological polar surface area (TPSA) is 13.1 Å². The van der Waals surface area contributed by atoms with Crippen LogP contribution in [0.3, 0.4) is 0 Å². The first kappa shape index (κ1) is 10.1. The van der Waals surface area contributed by atoms with E-state index in [1.54, 1.807) is 0 Å². The Balaban J connectivity index is 2.36. The first-order valence-corrected chi connectivity index (χ1v) is 6.50. The molecule has 0 amide bonds. The Kier molecular flexibility index (Phi) is 3.19. The number of rotatable bonds is 3. The zero-order valence-corrected chi connectivity index (χ0v) is 10.3. The molecule has 2 rings (SSSR count). The fourth-order valence-electron chi connectivity index (χ4n) is 1.35. The molecule has 0 atom stereocenters. The lowest BCUT2D eigenvalue weighted by Gasteiger charge is -1.91. The van der Waals surface area contributed by atoms with Gasteiger partial charge in [0.2, 0.25) is 0 Å². The van der Waals surface area contributed by atoms with Crippen molar-refractivity contribution in [2.24, 2.45) is 0 Å². The molecule has 0 N–H and O–H groups in total. The summed E-state index contributed by atoms with van der Waals surface area (Å²) in [6, 6.07) is 8.14. The maximum absolute atomic E-state index is 5.70. The van der Waals surface area contributed by atoms with Crippen molar-refractivity contribution in [3.63, 3.8) is 0 Å². The Labute approximate surface area is 96.0 Å². The molecule has 3 heteroatoms. The highest BCUT2D eigenvalue weighted by molar-refractivity contribution is 9.10. The van der Waals surface area contributed by atoms with Crippen molar-refractivity contribution in [2.75, 3.05) is 5.75 Å². The number of thioether (sulfide) groups is 1. The van der Waals surface area contributed by atoms with Gasteiger partial charge >= 0.3 is 0 Å². The molecule has 0 bridgehead atoms. The van der Waals surface area contributed by atoms with E-state index < -0.39 is 0 Å². The van der Waals surface area contributed by atoms with Crippen molar-refractivity contribution in [1.82, 2.24) is 0 Å². The number of hydrogen-bond donors (Lipinski definition) is 0. The number of fused-ring (bicyclic) bond motifs is 1. The summed E-state index contributed by atoms with van der Waals surface area (Å²) in [6.07, 6.45) is 0. The van der Waals surface area contributed by atoms with Crippen molar-refractivity contribution < 1.29 is 4.42 Å². The Morgan fingerprint density at radius 3 is 3.00 bits per heavy atom. The highest BCUT2D eigenvalue weighted by Gasteiger charge is 2.05. The molecule has 0 saturated heterocycles. The van der Waals surface area contributed by atoms with Crippen LogP contribution in [0.25, 0.3) is 11.0 Å². The largest absolute Gasteiger partial charge is 0.460 e. The van der Waals surface area contributed by atoms with E-state index in [2.05, 4.69) is 28.9 Å². The molecule has 0 spiro atoms. The van der Waals surface area contributed by atoms with Gasteiger partial charge in [0.05, 0.1) is 5.75 Å². The van der Waals surface area contributed by atoms with E-state index in [0.29, 0.717) is 0 Å². The van der Waals surface area contributed by atoms with E-state index in [-0.39, 0.29) is 0 Å². The smallest absolute Gasteiger partial charge is 0.135 e. The van der Waals surface area contributed by atoms with Crippen LogP contribution in [0.15, 0.2) is 33.2 Å². The summed E-state index contributed by atoms with van der Waals surface area (Å²) in [6.45, 7) is 2.16. The fourth-order valence-corrected chi connectivity index (χ4v) is 2.36. The lowest BCUT2D eigenvalue weighted by atomic mass is 10.2. The predicted molar refractivity (Wildman–Crippen MR) is 65.8 cm³/mol. The summed E-state index contributed by atoms with van der Waals surface area (Å²) < 4.78 is 6.80. The summed E-state index contributed by atoms with van der Waals surface area (Å²) in [5, 5.41) is 1.17. The Morgan fingerprint density at radius 1 is 1.43 bits per heavy atom. The molecule has 74 valence electrons. The van der Waals surface area contributed by atoms with Crippen LogP contribution in [0.4, 0.5) is 0 Å². The highest BCUT2D eigenvalue weighted by atomic mass is 79.9. The first-order chi connectivity index (χ1) is 6.81. The lowest BCUT2D eigenvalue weighted by molar-refractivity contribution is 0.574. The van der Waals surface area contributed by atoms with Crippen LogP contribution >= 0.6 is 27.7 Å². The first-order valence-electron chi connectivity index (χ1n) is 4.56. The van der Waals surface area contributed by atoms with Gasteiger partial charge in [-0.2, -0.15) is 11.8 Å². The standard InChI is InChI=1S/C11H11BrOS/c1-2-14-7-8-6-9-10(12)4-3-5-11(9)13-8/h3-6H,2,7H2,1H3. The number of halogens is 1. The molecule has 14 heavy (non-hydrogen) atoms. The number of benzene rings is 1. The average molecular weight is 271 g/mol. The van der Waals surface area contributed by atoms with Crippen molar-refractivity contribution >= 4 is 38.7 Å². The zero-order chi connectivity index (χ0) is 9.97. The Bertz CT molecular complexity index is 436. The van der Waals surface area contributed by atoms with Gasteiger partial charge in [0.1, 0.15) is 11.3 Å². The van der Waals surface area contributed by atoms with Crippen LogP contribution in [0.5, 0.6) is 0 Å². The van der Waals surface area contributed by atoms with Crippen LogP contribution in [0, 0.1) is 0 Å². The van der Waals surface area contributed by atoms with E-state index in [1.165, 1.54) is 5.39 Å². The summed E-state index contributed by atoms with van der Waals surface area (Å²) in [7, 11) is 0. The van der Waals surface area contributed by atoms with Gasteiger partial charge in [0.15, 0.2) is 0 Å². The van der Waals surface area contributed by atoms with Gasteiger partial charge in [-0.25, -0.2) is 0 Å². The van der Waals surface area contributed by atoms with Crippen LogP contribution in [-0.2, 0) is 5.75 Å². The van der Waals surface area contributed by atoms with Crippen LogP contribution in [0.1, 0.15) is 12.7 Å². The molecule has 0 saturated carbocycles. The SMILES string of the molecule is CCSCc1cc2c(Br)cccc2o1. The molecule has 0 radical (unpaired) electrons. The zero-order valence-electron chi connectivity index (χ0n) is 7.92. The molecule has 1 aromatic heterocycles. The third-order valence-electron chi connectivity index (χ3n) is 2.01. The molecule has 0 unspecified atom stereocenters. The fraction of sp³-hybridized carbons (Fsp3) is 0.273. The molecular weight excluding hydrogens is 260 g/mol. The van der Waals surface area contributed by atoms with E-state index >= 15 is 0 Å². The summed E-state index contributed by atoms with van der Waals surface area (Å²) in [5.74, 6) is 3.13. The van der Waals surface area contributed by atoms with Gasteiger partial charge in [0, 0.05) is 9.86 Å². The van der Waals surface area contributed by atoms with Crippen molar-refractivity contribution in [3.05, 3.63) is 34.5 Å². The second-order valence-corrected chi connectivity index (χ2v) is 5.13. The van der Waals surface area contributed by atoms with E-state index in [1.807, 2.05) is 30.0 Å². The predicted octanol–water partition coefficient (Wildman–Crippen LogP) is 4.45. The number of hydrogen-bond acceptors (Lipinski definition) is 2. The second kappa shape index (κ2) is 4.41. The highest BCUT2D eigenvalue weighted by Crippen LogP contribution is 2.28. The van der Waals surface area contributed by atoms with Gasteiger partial charge in [-0.15, -0.1) is 0 Å². The third-order valence-corrected chi connectivity index (χ3v) is 3.60. The Hall–Kier alpha value is -0.410. The van der Waals surface area contributed by atoms with Crippen molar-refractivity contribution in [1.29, 1.82) is 0 Å². The van der Waals surface area contributed by atoms with Gasteiger partial charge in [-0.3, -0.25) is 0 Å². The second-order valence-electron chi connectivity index (χ2n) is 3.00. The van der Waals surface area contributed by atoms with E-state index in [0.717, 1.165) is 27.3 Å². The van der Waals surface area contributed by atoms with Crippen LogP contribution in [0.2, 0.25) is 0 Å². The van der Waals surface area contributed by atoms with Crippen LogP contribution < -0.4 is 0 Å². The van der Waals surface area contributed by atoms with Crippen LogP contribution in [-0.4, -0.2) is 5.75 Å². The molecule has 1 heterocycles. The van der Waals surface area contributed by atoms with Gasteiger partial charge in [-0.05, 0) is 24.0 Å².